The summed E-state index contributed by atoms with van der Waals surface area (Å²) in [7, 11) is 0. The maximum absolute atomic E-state index is 12.9. The number of carbonyl (C=O) groups is 3. The van der Waals surface area contributed by atoms with Crippen molar-refractivity contribution in [1.29, 1.82) is 0 Å². The van der Waals surface area contributed by atoms with Crippen molar-refractivity contribution in [3.63, 3.8) is 0 Å². The first-order valence-electron chi connectivity index (χ1n) is 11.1. The highest BCUT2D eigenvalue weighted by atomic mass is 16.6. The van der Waals surface area contributed by atoms with Gasteiger partial charge >= 0.3 is 18.2 Å². The van der Waals surface area contributed by atoms with E-state index in [-0.39, 0.29) is 25.4 Å². The van der Waals surface area contributed by atoms with Crippen LogP contribution in [0.2, 0.25) is 0 Å². The number of amides is 2. The number of nitro benzene ring substituents is 1. The molecule has 1 unspecified atom stereocenters. The zero-order valence-electron chi connectivity index (χ0n) is 19.4. The van der Waals surface area contributed by atoms with E-state index in [4.69, 9.17) is 14.2 Å². The molecule has 1 aliphatic heterocycles. The van der Waals surface area contributed by atoms with Crippen molar-refractivity contribution >= 4 is 23.8 Å². The largest absolute Gasteiger partial charge is 0.457 e. The van der Waals surface area contributed by atoms with Crippen LogP contribution in [0.3, 0.4) is 0 Å². The van der Waals surface area contributed by atoms with Gasteiger partial charge in [-0.2, -0.15) is 0 Å². The number of hydrogen-bond donors (Lipinski definition) is 1. The lowest BCUT2D eigenvalue weighted by atomic mass is 10.1. The minimum Gasteiger partial charge on any atom is -0.457 e. The fourth-order valence-electron chi connectivity index (χ4n) is 3.79. The van der Waals surface area contributed by atoms with Gasteiger partial charge in [0.15, 0.2) is 0 Å². The fourth-order valence-corrected chi connectivity index (χ4v) is 3.79. The second kappa shape index (κ2) is 11.8. The Balaban J connectivity index is 1.67. The van der Waals surface area contributed by atoms with Crippen LogP contribution in [0.25, 0.3) is 0 Å². The third kappa shape index (κ3) is 6.92. The van der Waals surface area contributed by atoms with Crippen molar-refractivity contribution in [1.82, 2.24) is 10.2 Å². The Hall–Kier alpha value is -4.15. The number of rotatable bonds is 8. The lowest BCUT2D eigenvalue weighted by Crippen LogP contribution is -2.49. The maximum Gasteiger partial charge on any atom is 0.410 e. The first-order valence-corrected chi connectivity index (χ1v) is 11.1. The zero-order chi connectivity index (χ0) is 25.4. The van der Waals surface area contributed by atoms with E-state index >= 15 is 0 Å². The van der Waals surface area contributed by atoms with Crippen molar-refractivity contribution in [2.45, 2.75) is 45.1 Å². The van der Waals surface area contributed by atoms with Gasteiger partial charge in [0.1, 0.15) is 12.7 Å². The minimum absolute atomic E-state index is 0.0679. The van der Waals surface area contributed by atoms with E-state index in [1.807, 2.05) is 0 Å². The summed E-state index contributed by atoms with van der Waals surface area (Å²) in [6.45, 7) is 3.58. The molecule has 1 N–H and O–H groups in total. The summed E-state index contributed by atoms with van der Waals surface area (Å²) in [5, 5.41) is 13.5. The Morgan fingerprint density at radius 2 is 1.80 bits per heavy atom. The molecule has 0 radical (unpaired) electrons. The molecule has 35 heavy (non-hydrogen) atoms. The smallest absolute Gasteiger partial charge is 0.410 e. The highest BCUT2D eigenvalue weighted by molar-refractivity contribution is 5.89. The van der Waals surface area contributed by atoms with Crippen LogP contribution in [-0.4, -0.2) is 59.3 Å². The van der Waals surface area contributed by atoms with Gasteiger partial charge in [-0.1, -0.05) is 18.2 Å². The number of hydrogen-bond acceptors (Lipinski definition) is 8. The fraction of sp³-hybridized carbons (Fsp3) is 0.375. The van der Waals surface area contributed by atoms with Crippen LogP contribution in [0, 0.1) is 10.1 Å². The summed E-state index contributed by atoms with van der Waals surface area (Å²) in [5.74, 6) is -0.513. The van der Waals surface area contributed by atoms with Crippen LogP contribution in [0.4, 0.5) is 15.3 Å². The Morgan fingerprint density at radius 1 is 1.11 bits per heavy atom. The number of nitrogens with one attached hydrogen (secondary N) is 1. The number of likely N-dealkylation sites (tertiary alicyclic amines) is 1. The molecular formula is C24H27N3O8. The Morgan fingerprint density at radius 3 is 2.43 bits per heavy atom. The van der Waals surface area contributed by atoms with Gasteiger partial charge in [-0.3, -0.25) is 15.0 Å². The van der Waals surface area contributed by atoms with Gasteiger partial charge in [-0.15, -0.1) is 0 Å². The summed E-state index contributed by atoms with van der Waals surface area (Å²) in [4.78, 5) is 49.1. The molecule has 2 aromatic carbocycles. The van der Waals surface area contributed by atoms with E-state index in [1.165, 1.54) is 29.2 Å². The molecule has 0 aromatic heterocycles. The maximum atomic E-state index is 12.9. The van der Waals surface area contributed by atoms with Gasteiger partial charge < -0.3 is 19.5 Å². The molecule has 186 valence electrons. The van der Waals surface area contributed by atoms with Gasteiger partial charge in [0, 0.05) is 18.6 Å². The average molecular weight is 485 g/mol. The first kappa shape index (κ1) is 25.5. The van der Waals surface area contributed by atoms with Crippen LogP contribution in [-0.2, 0) is 20.8 Å². The van der Waals surface area contributed by atoms with Crippen molar-refractivity contribution < 1.29 is 33.5 Å². The standard InChI is InChI=1S/C24H27N3O8/c1-3-33-23(29)25-16(2)21-13-20(35-22(28)18-7-5-4-6-8-18)14-26(21)24(30)34-15-17-9-11-19(12-10-17)27(31)32/h4-12,16,20-21H,3,13-15H2,1-2H3,(H,25,29)/t16?,20-,21+/m1/s1. The van der Waals surface area contributed by atoms with E-state index < -0.39 is 41.3 Å². The molecule has 1 saturated heterocycles. The number of esters is 1. The molecule has 0 aliphatic carbocycles. The van der Waals surface area contributed by atoms with Crippen LogP contribution in [0.5, 0.6) is 0 Å². The second-order valence-electron chi connectivity index (χ2n) is 7.98. The predicted molar refractivity (Wildman–Crippen MR) is 124 cm³/mol. The van der Waals surface area contributed by atoms with Crippen LogP contribution in [0.15, 0.2) is 54.6 Å². The lowest BCUT2D eigenvalue weighted by Gasteiger charge is -2.28. The quantitative estimate of drug-likeness (QED) is 0.259. The van der Waals surface area contributed by atoms with Gasteiger partial charge in [-0.05, 0) is 43.7 Å². The third-order valence-electron chi connectivity index (χ3n) is 5.53. The van der Waals surface area contributed by atoms with Crippen LogP contribution >= 0.6 is 0 Å². The van der Waals surface area contributed by atoms with Crippen molar-refractivity contribution in [3.05, 3.63) is 75.8 Å². The molecule has 0 spiro atoms. The molecule has 1 aliphatic rings. The topological polar surface area (TPSA) is 137 Å². The molecule has 1 fully saturated rings. The highest BCUT2D eigenvalue weighted by Crippen LogP contribution is 2.25. The minimum atomic E-state index is -0.663. The lowest BCUT2D eigenvalue weighted by molar-refractivity contribution is -0.384. The third-order valence-corrected chi connectivity index (χ3v) is 5.53. The molecule has 3 rings (SSSR count). The van der Waals surface area contributed by atoms with E-state index in [2.05, 4.69) is 5.32 Å². The van der Waals surface area contributed by atoms with Gasteiger partial charge in [0.05, 0.1) is 35.7 Å². The molecule has 2 amide bonds. The zero-order valence-corrected chi connectivity index (χ0v) is 19.4. The molecular weight excluding hydrogens is 458 g/mol. The second-order valence-corrected chi connectivity index (χ2v) is 7.98. The summed E-state index contributed by atoms with van der Waals surface area (Å²) >= 11 is 0. The Kier molecular flexibility index (Phi) is 8.60. The number of ether oxygens (including phenoxy) is 3. The van der Waals surface area contributed by atoms with Crippen molar-refractivity contribution in [2.75, 3.05) is 13.2 Å². The number of carbonyl (C=O) groups excluding carboxylic acids is 3. The SMILES string of the molecule is CCOC(=O)NC(C)[C@@H]1C[C@@H](OC(=O)c2ccccc2)CN1C(=O)OCc1ccc([N+](=O)[O-])cc1. The normalized spacial score (nSPS) is 17.8. The van der Waals surface area contributed by atoms with E-state index in [1.54, 1.807) is 44.2 Å². The molecule has 1 heterocycles. The number of nitrogens with zero attached hydrogens (tertiary/aromatic N) is 2. The predicted octanol–water partition coefficient (Wildman–Crippen LogP) is 3.67. The van der Waals surface area contributed by atoms with Gasteiger partial charge in [0.25, 0.3) is 5.69 Å². The molecule has 3 atom stereocenters. The van der Waals surface area contributed by atoms with Gasteiger partial charge in [-0.25, -0.2) is 14.4 Å². The van der Waals surface area contributed by atoms with E-state index in [0.29, 0.717) is 17.5 Å². The number of benzene rings is 2. The van der Waals surface area contributed by atoms with E-state index in [9.17, 15) is 24.5 Å². The monoisotopic (exact) mass is 485 g/mol. The Labute approximate surface area is 202 Å². The average Bonchev–Trinajstić information content (AvgIpc) is 3.27. The number of alkyl carbamates (subject to hydrolysis) is 1. The first-order chi connectivity index (χ1) is 16.8. The highest BCUT2D eigenvalue weighted by Gasteiger charge is 2.41. The van der Waals surface area contributed by atoms with Crippen LogP contribution in [0.1, 0.15) is 36.2 Å². The molecule has 11 nitrogen and oxygen atoms in total. The summed E-state index contributed by atoms with van der Waals surface area (Å²) < 4.78 is 16.0. The van der Waals surface area contributed by atoms with Crippen molar-refractivity contribution in [3.8, 4) is 0 Å². The number of non-ortho nitro benzene ring substituents is 1. The summed E-state index contributed by atoms with van der Waals surface area (Å²) in [6, 6.07) is 13.1. The summed E-state index contributed by atoms with van der Waals surface area (Å²) in [5.41, 5.74) is 0.895. The molecule has 2 aromatic rings. The number of nitro groups is 1. The van der Waals surface area contributed by atoms with E-state index in [0.717, 1.165) is 0 Å². The van der Waals surface area contributed by atoms with Gasteiger partial charge in [0.2, 0.25) is 0 Å². The molecule has 11 heteroatoms. The molecule has 0 bridgehead atoms. The van der Waals surface area contributed by atoms with Crippen LogP contribution < -0.4 is 5.32 Å². The molecule has 0 saturated carbocycles. The van der Waals surface area contributed by atoms with Crippen molar-refractivity contribution in [2.24, 2.45) is 0 Å². The Bertz CT molecular complexity index is 1040. The summed E-state index contributed by atoms with van der Waals surface area (Å²) in [6.07, 6.45) is -1.60.